The van der Waals surface area contributed by atoms with Crippen molar-refractivity contribution in [3.05, 3.63) is 64.3 Å². The molecule has 2 heterocycles. The fraction of sp³-hybridized carbons (Fsp3) is 0.531. The monoisotopic (exact) mass is 603 g/mol. The van der Waals surface area contributed by atoms with Crippen LogP contribution in [0.15, 0.2) is 36.4 Å². The second kappa shape index (κ2) is 11.8. The molecule has 0 bridgehead atoms. The van der Waals surface area contributed by atoms with Crippen LogP contribution in [0.1, 0.15) is 85.2 Å². The minimum absolute atomic E-state index is 0.0000431. The predicted octanol–water partition coefficient (Wildman–Crippen LogP) is 5.21. The molecule has 1 aliphatic heterocycles. The quantitative estimate of drug-likeness (QED) is 0.274. The molecule has 3 aliphatic rings. The zero-order chi connectivity index (χ0) is 30.5. The Bertz CT molecular complexity index is 1480. The van der Waals surface area contributed by atoms with Crippen molar-refractivity contribution in [3.8, 4) is 5.75 Å². The van der Waals surface area contributed by atoms with Crippen molar-refractivity contribution in [1.29, 1.82) is 0 Å². The molecule has 3 aromatic rings. The van der Waals surface area contributed by atoms with Gasteiger partial charge in [-0.25, -0.2) is 0 Å². The summed E-state index contributed by atoms with van der Waals surface area (Å²) in [5, 5.41) is 30.9. The molecule has 6 rings (SSSR count). The van der Waals surface area contributed by atoms with Crippen molar-refractivity contribution in [2.24, 2.45) is 0 Å². The lowest BCUT2D eigenvalue weighted by atomic mass is 9.91. The van der Waals surface area contributed by atoms with E-state index in [4.69, 9.17) is 14.2 Å². The smallest absolute Gasteiger partial charge is 0.416 e. The Labute approximate surface area is 246 Å². The van der Waals surface area contributed by atoms with Crippen molar-refractivity contribution in [2.45, 2.75) is 107 Å². The van der Waals surface area contributed by atoms with E-state index in [2.05, 4.69) is 4.98 Å². The van der Waals surface area contributed by atoms with Crippen molar-refractivity contribution in [2.75, 3.05) is 0 Å². The Hall–Kier alpha value is -3.12. The third kappa shape index (κ3) is 6.00. The van der Waals surface area contributed by atoms with Crippen LogP contribution in [0, 0.1) is 0 Å². The van der Waals surface area contributed by atoms with Gasteiger partial charge in [0.15, 0.2) is 0 Å². The molecule has 8 nitrogen and oxygen atoms in total. The molecule has 1 aromatic heterocycles. The first-order valence-corrected chi connectivity index (χ1v) is 14.9. The summed E-state index contributed by atoms with van der Waals surface area (Å²) in [7, 11) is 0. The van der Waals surface area contributed by atoms with Crippen LogP contribution in [0.3, 0.4) is 0 Å². The summed E-state index contributed by atoms with van der Waals surface area (Å²) in [6.45, 7) is 1.51. The number of aromatic nitrogens is 1. The lowest BCUT2D eigenvalue weighted by molar-refractivity contribution is -0.284. The van der Waals surface area contributed by atoms with E-state index in [0.29, 0.717) is 29.7 Å². The van der Waals surface area contributed by atoms with Gasteiger partial charge in [0.2, 0.25) is 6.29 Å². The minimum Gasteiger partial charge on any atom is -0.489 e. The fourth-order valence-electron chi connectivity index (χ4n) is 6.81. The van der Waals surface area contributed by atoms with Crippen LogP contribution in [0.25, 0.3) is 10.9 Å². The lowest BCUT2D eigenvalue weighted by Gasteiger charge is -2.38. The van der Waals surface area contributed by atoms with Crippen LogP contribution in [-0.4, -0.2) is 57.0 Å². The topological polar surface area (TPSA) is 121 Å². The molecule has 2 aromatic carbocycles. The zero-order valence-electron chi connectivity index (χ0n) is 23.8. The zero-order valence-corrected chi connectivity index (χ0v) is 23.8. The number of fused-ring (bicyclic) bond motifs is 3. The Balaban J connectivity index is 1.12. The Morgan fingerprint density at radius 1 is 1.02 bits per heavy atom. The number of nitrogens with one attached hydrogen (secondary N) is 1. The summed E-state index contributed by atoms with van der Waals surface area (Å²) in [6.07, 6.45) is -6.05. The van der Waals surface area contributed by atoms with Gasteiger partial charge >= 0.3 is 12.1 Å². The first-order valence-electron chi connectivity index (χ1n) is 14.9. The van der Waals surface area contributed by atoms with Gasteiger partial charge in [-0.05, 0) is 79.5 Å². The molecule has 2 fully saturated rings. The van der Waals surface area contributed by atoms with Gasteiger partial charge in [0.1, 0.15) is 30.7 Å². The standard InChI is InChI=1S/C32H36F3NO7/c1-16-28(38)29(39)30(40)31(42-16)43-26(37)13-19-7-10-22-23-14-20(8-11-25(23)36-27(19)22)41-15-17-6-9-21(18-4-2-3-5-18)24(12-17)32(33,34)35/h6,8-9,11-12,14,16,18-19,28-31,36,38-40H,2-5,7,10,13,15H2,1H3/t16-,19-,28-,29+,30-,31?/m1/s1. The van der Waals surface area contributed by atoms with Gasteiger partial charge in [-0.3, -0.25) is 4.79 Å². The highest BCUT2D eigenvalue weighted by molar-refractivity contribution is 5.87. The van der Waals surface area contributed by atoms with Crippen LogP contribution in [0.2, 0.25) is 0 Å². The van der Waals surface area contributed by atoms with Crippen molar-refractivity contribution in [1.82, 2.24) is 4.98 Å². The number of aromatic amines is 1. The molecular formula is C32H36F3NO7. The Morgan fingerprint density at radius 2 is 1.79 bits per heavy atom. The third-order valence-electron chi connectivity index (χ3n) is 9.15. The second-order valence-electron chi connectivity index (χ2n) is 12.0. The van der Waals surface area contributed by atoms with E-state index in [9.17, 15) is 33.3 Å². The highest BCUT2D eigenvalue weighted by atomic mass is 19.4. The van der Waals surface area contributed by atoms with E-state index in [0.717, 1.165) is 47.8 Å². The van der Waals surface area contributed by atoms with E-state index in [-0.39, 0.29) is 24.9 Å². The number of rotatable bonds is 7. The predicted molar refractivity (Wildman–Crippen MR) is 149 cm³/mol. The molecule has 0 radical (unpaired) electrons. The van der Waals surface area contributed by atoms with Gasteiger partial charge in [-0.15, -0.1) is 0 Å². The van der Waals surface area contributed by atoms with E-state index in [1.165, 1.54) is 13.0 Å². The molecule has 4 N–H and O–H groups in total. The summed E-state index contributed by atoms with van der Waals surface area (Å²) in [6, 6.07) is 10.0. The maximum atomic E-state index is 13.9. The first kappa shape index (κ1) is 29.9. The molecule has 1 unspecified atom stereocenters. The number of aliphatic hydroxyl groups excluding tert-OH is 3. The third-order valence-corrected chi connectivity index (χ3v) is 9.15. The number of esters is 1. The second-order valence-corrected chi connectivity index (χ2v) is 12.0. The number of carbonyl (C=O) groups is 1. The number of aliphatic hydroxyl groups is 3. The molecule has 1 saturated heterocycles. The normalized spacial score (nSPS) is 27.9. The molecule has 43 heavy (non-hydrogen) atoms. The number of ether oxygens (including phenoxy) is 3. The molecular weight excluding hydrogens is 567 g/mol. The first-order chi connectivity index (χ1) is 20.5. The van der Waals surface area contributed by atoms with Crippen LogP contribution in [0.5, 0.6) is 5.75 Å². The SMILES string of the molecule is C[C@H]1OC(OC(=O)C[C@H]2CCc3c2[nH]c2ccc(OCc4ccc(C5CCCC5)c(C(F)(F)F)c4)cc32)[C@H](O)[C@@H](O)[C@@H]1O. The highest BCUT2D eigenvalue weighted by Gasteiger charge is 2.44. The van der Waals surface area contributed by atoms with E-state index < -0.39 is 48.4 Å². The minimum atomic E-state index is -4.42. The summed E-state index contributed by atoms with van der Waals surface area (Å²) in [4.78, 5) is 16.1. The maximum Gasteiger partial charge on any atom is 0.416 e. The van der Waals surface area contributed by atoms with E-state index >= 15 is 0 Å². The van der Waals surface area contributed by atoms with Gasteiger partial charge in [0.25, 0.3) is 0 Å². The fourth-order valence-corrected chi connectivity index (χ4v) is 6.81. The van der Waals surface area contributed by atoms with Gasteiger partial charge in [-0.1, -0.05) is 25.0 Å². The molecule has 1 saturated carbocycles. The molecule has 0 amide bonds. The average molecular weight is 604 g/mol. The van der Waals surface area contributed by atoms with Crippen molar-refractivity contribution >= 4 is 16.9 Å². The molecule has 2 aliphatic carbocycles. The average Bonchev–Trinajstić information content (AvgIpc) is 3.72. The van der Waals surface area contributed by atoms with Crippen LogP contribution in [0.4, 0.5) is 13.2 Å². The Morgan fingerprint density at radius 3 is 2.53 bits per heavy atom. The molecule has 11 heteroatoms. The van der Waals surface area contributed by atoms with E-state index in [1.807, 2.05) is 12.1 Å². The maximum absolute atomic E-state index is 13.9. The lowest BCUT2D eigenvalue weighted by Crippen LogP contribution is -2.57. The number of aryl methyl sites for hydroxylation is 1. The number of halogens is 3. The van der Waals surface area contributed by atoms with Crippen LogP contribution < -0.4 is 4.74 Å². The van der Waals surface area contributed by atoms with Gasteiger partial charge in [0, 0.05) is 22.5 Å². The number of alkyl halides is 3. The number of hydrogen-bond donors (Lipinski definition) is 4. The molecule has 0 spiro atoms. The molecule has 232 valence electrons. The van der Waals surface area contributed by atoms with Crippen molar-refractivity contribution < 1.29 is 47.5 Å². The Kier molecular flexibility index (Phi) is 8.18. The van der Waals surface area contributed by atoms with Crippen LogP contribution in [-0.2, 0) is 33.5 Å². The molecule has 6 atom stereocenters. The van der Waals surface area contributed by atoms with Crippen molar-refractivity contribution in [3.63, 3.8) is 0 Å². The highest BCUT2D eigenvalue weighted by Crippen LogP contribution is 2.43. The summed E-state index contributed by atoms with van der Waals surface area (Å²) in [5.41, 5.74) is 3.06. The number of carbonyl (C=O) groups excluding carboxylic acids is 1. The summed E-state index contributed by atoms with van der Waals surface area (Å²) < 4.78 is 58.3. The number of H-pyrrole nitrogens is 1. The number of hydrogen-bond acceptors (Lipinski definition) is 7. The van der Waals surface area contributed by atoms with E-state index in [1.54, 1.807) is 18.2 Å². The van der Waals surface area contributed by atoms with Gasteiger partial charge in [0.05, 0.1) is 18.1 Å². The van der Waals surface area contributed by atoms with Crippen LogP contribution >= 0.6 is 0 Å². The van der Waals surface area contributed by atoms with Gasteiger partial charge in [-0.2, -0.15) is 13.2 Å². The summed E-state index contributed by atoms with van der Waals surface area (Å²) in [5.74, 6) is -0.276. The summed E-state index contributed by atoms with van der Waals surface area (Å²) >= 11 is 0. The largest absolute Gasteiger partial charge is 0.489 e. The number of benzene rings is 2. The van der Waals surface area contributed by atoms with Gasteiger partial charge < -0.3 is 34.5 Å².